The Balaban J connectivity index is 1.74. The van der Waals surface area contributed by atoms with Crippen molar-refractivity contribution in [1.82, 2.24) is 15.5 Å². The molecular weight excluding hydrogens is 270 g/mol. The normalized spacial score (nSPS) is 25.9. The van der Waals surface area contributed by atoms with Crippen LogP contribution in [0, 0.1) is 0 Å². The first-order chi connectivity index (χ1) is 9.77. The summed E-state index contributed by atoms with van der Waals surface area (Å²) in [7, 11) is 0. The Labute approximate surface area is 127 Å². The van der Waals surface area contributed by atoms with Crippen LogP contribution in [0.1, 0.15) is 40.0 Å². The third kappa shape index (κ3) is 5.13. The van der Waals surface area contributed by atoms with E-state index in [-0.39, 0.29) is 12.1 Å². The van der Waals surface area contributed by atoms with Gasteiger partial charge in [-0.1, -0.05) is 0 Å². The van der Waals surface area contributed by atoms with Crippen LogP contribution in [0.3, 0.4) is 0 Å². The van der Waals surface area contributed by atoms with Gasteiger partial charge in [0.25, 0.3) is 0 Å². The second-order valence-corrected chi connectivity index (χ2v) is 7.27. The van der Waals surface area contributed by atoms with Crippen molar-refractivity contribution in [3.05, 3.63) is 0 Å². The van der Waals surface area contributed by atoms with Crippen molar-refractivity contribution in [3.8, 4) is 0 Å². The van der Waals surface area contributed by atoms with E-state index in [1.54, 1.807) is 4.90 Å². The minimum absolute atomic E-state index is 0.243. The maximum Gasteiger partial charge on any atom is 0.410 e. The van der Waals surface area contributed by atoms with Gasteiger partial charge in [0.05, 0.1) is 5.60 Å². The zero-order valence-electron chi connectivity index (χ0n) is 13.4. The van der Waals surface area contributed by atoms with Gasteiger partial charge < -0.3 is 25.4 Å². The van der Waals surface area contributed by atoms with Crippen molar-refractivity contribution in [3.63, 3.8) is 0 Å². The SMILES string of the molecule is CC(C)(C)OC(=O)N1CCC(NCC2(O)CCNCC2)C1. The number of amides is 1. The highest BCUT2D eigenvalue weighted by atomic mass is 16.6. The highest BCUT2D eigenvalue weighted by Gasteiger charge is 2.33. The van der Waals surface area contributed by atoms with Crippen molar-refractivity contribution < 1.29 is 14.6 Å². The van der Waals surface area contributed by atoms with E-state index in [2.05, 4.69) is 10.6 Å². The summed E-state index contributed by atoms with van der Waals surface area (Å²) in [6.07, 6.45) is 2.23. The van der Waals surface area contributed by atoms with E-state index in [1.165, 1.54) is 0 Å². The number of piperidine rings is 1. The molecule has 2 aliphatic rings. The minimum atomic E-state index is -0.607. The molecule has 0 aliphatic carbocycles. The molecule has 1 unspecified atom stereocenters. The summed E-state index contributed by atoms with van der Waals surface area (Å²) in [5.74, 6) is 0. The second-order valence-electron chi connectivity index (χ2n) is 7.27. The molecule has 6 heteroatoms. The molecule has 0 bridgehead atoms. The van der Waals surface area contributed by atoms with Gasteiger partial charge in [-0.2, -0.15) is 0 Å². The summed E-state index contributed by atoms with van der Waals surface area (Å²) >= 11 is 0. The molecule has 0 radical (unpaired) electrons. The first-order valence-corrected chi connectivity index (χ1v) is 7.92. The van der Waals surface area contributed by atoms with Gasteiger partial charge in [-0.3, -0.25) is 0 Å². The van der Waals surface area contributed by atoms with Gasteiger partial charge >= 0.3 is 6.09 Å². The van der Waals surface area contributed by atoms with Crippen LogP contribution in [-0.2, 0) is 4.74 Å². The molecule has 2 aliphatic heterocycles. The first-order valence-electron chi connectivity index (χ1n) is 7.92. The Hall–Kier alpha value is -0.850. The van der Waals surface area contributed by atoms with Crippen molar-refractivity contribution >= 4 is 6.09 Å². The molecule has 6 nitrogen and oxygen atoms in total. The van der Waals surface area contributed by atoms with E-state index in [4.69, 9.17) is 4.74 Å². The Kier molecular flexibility index (Phi) is 5.11. The molecular formula is C15H29N3O3. The predicted molar refractivity (Wildman–Crippen MR) is 81.3 cm³/mol. The molecule has 0 saturated carbocycles. The smallest absolute Gasteiger partial charge is 0.410 e. The minimum Gasteiger partial charge on any atom is -0.444 e. The molecule has 1 atom stereocenters. The average Bonchev–Trinajstić information content (AvgIpc) is 2.84. The van der Waals surface area contributed by atoms with Gasteiger partial charge in [-0.15, -0.1) is 0 Å². The highest BCUT2D eigenvalue weighted by molar-refractivity contribution is 5.68. The topological polar surface area (TPSA) is 73.8 Å². The zero-order valence-corrected chi connectivity index (χ0v) is 13.4. The number of carbonyl (C=O) groups is 1. The summed E-state index contributed by atoms with van der Waals surface area (Å²) in [5.41, 5.74) is -1.06. The van der Waals surface area contributed by atoms with Gasteiger partial charge in [0.2, 0.25) is 0 Å². The monoisotopic (exact) mass is 299 g/mol. The van der Waals surface area contributed by atoms with Gasteiger partial charge in [0.1, 0.15) is 5.60 Å². The van der Waals surface area contributed by atoms with Crippen LogP contribution in [-0.4, -0.2) is 66.1 Å². The molecule has 0 aromatic heterocycles. The standard InChI is InChI=1S/C15H29N3O3/c1-14(2,3)21-13(19)18-9-4-12(10-18)17-11-15(20)5-7-16-8-6-15/h12,16-17,20H,4-11H2,1-3H3. The fourth-order valence-corrected chi connectivity index (χ4v) is 2.82. The molecule has 2 rings (SSSR count). The molecule has 0 aromatic carbocycles. The lowest BCUT2D eigenvalue weighted by atomic mass is 9.92. The van der Waals surface area contributed by atoms with Crippen LogP contribution in [0.4, 0.5) is 4.79 Å². The molecule has 1 amide bonds. The summed E-state index contributed by atoms with van der Waals surface area (Å²) in [5, 5.41) is 17.1. The number of ether oxygens (including phenoxy) is 1. The zero-order chi connectivity index (χ0) is 15.5. The maximum atomic E-state index is 12.0. The number of likely N-dealkylation sites (tertiary alicyclic amines) is 1. The average molecular weight is 299 g/mol. The van der Waals surface area contributed by atoms with Gasteiger partial charge in [0, 0.05) is 25.7 Å². The largest absolute Gasteiger partial charge is 0.444 e. The number of hydrogen-bond donors (Lipinski definition) is 3. The molecule has 0 spiro atoms. The number of nitrogens with zero attached hydrogens (tertiary/aromatic N) is 1. The van der Waals surface area contributed by atoms with E-state index < -0.39 is 11.2 Å². The summed E-state index contributed by atoms with van der Waals surface area (Å²) in [4.78, 5) is 13.7. The van der Waals surface area contributed by atoms with Crippen LogP contribution >= 0.6 is 0 Å². The molecule has 3 N–H and O–H groups in total. The van der Waals surface area contributed by atoms with Crippen LogP contribution in [0.5, 0.6) is 0 Å². The number of rotatable bonds is 3. The Morgan fingerprint density at radius 3 is 2.71 bits per heavy atom. The van der Waals surface area contributed by atoms with Crippen LogP contribution in [0.15, 0.2) is 0 Å². The van der Waals surface area contributed by atoms with Gasteiger partial charge in [-0.05, 0) is 53.1 Å². The number of hydrogen-bond acceptors (Lipinski definition) is 5. The fraction of sp³-hybridized carbons (Fsp3) is 0.933. The van der Waals surface area contributed by atoms with Crippen molar-refractivity contribution in [2.45, 2.75) is 57.3 Å². The quantitative estimate of drug-likeness (QED) is 0.715. The molecule has 21 heavy (non-hydrogen) atoms. The van der Waals surface area contributed by atoms with Crippen LogP contribution < -0.4 is 10.6 Å². The maximum absolute atomic E-state index is 12.0. The van der Waals surface area contributed by atoms with E-state index >= 15 is 0 Å². The molecule has 0 aromatic rings. The van der Waals surface area contributed by atoms with Crippen LogP contribution in [0.25, 0.3) is 0 Å². The highest BCUT2D eigenvalue weighted by Crippen LogP contribution is 2.19. The number of carbonyl (C=O) groups excluding carboxylic acids is 1. The number of aliphatic hydroxyl groups is 1. The molecule has 122 valence electrons. The van der Waals surface area contributed by atoms with Crippen molar-refractivity contribution in [2.24, 2.45) is 0 Å². The first kappa shape index (κ1) is 16.5. The fourth-order valence-electron chi connectivity index (χ4n) is 2.82. The van der Waals surface area contributed by atoms with Gasteiger partial charge in [0.15, 0.2) is 0 Å². The Bertz CT molecular complexity index is 362. The summed E-state index contributed by atoms with van der Waals surface area (Å²) < 4.78 is 5.39. The number of nitrogens with one attached hydrogen (secondary N) is 2. The van der Waals surface area contributed by atoms with Crippen molar-refractivity contribution in [1.29, 1.82) is 0 Å². The van der Waals surface area contributed by atoms with Crippen molar-refractivity contribution in [2.75, 3.05) is 32.7 Å². The third-order valence-electron chi connectivity index (χ3n) is 4.09. The van der Waals surface area contributed by atoms with E-state index in [9.17, 15) is 9.90 Å². The lowest BCUT2D eigenvalue weighted by Crippen LogP contribution is -2.51. The van der Waals surface area contributed by atoms with Crippen LogP contribution in [0.2, 0.25) is 0 Å². The van der Waals surface area contributed by atoms with E-state index in [0.29, 0.717) is 19.6 Å². The lowest BCUT2D eigenvalue weighted by Gasteiger charge is -2.33. The summed E-state index contributed by atoms with van der Waals surface area (Å²) in [6, 6.07) is 0.247. The molecule has 2 heterocycles. The lowest BCUT2D eigenvalue weighted by molar-refractivity contribution is 0.00874. The third-order valence-corrected chi connectivity index (χ3v) is 4.09. The van der Waals surface area contributed by atoms with E-state index in [1.807, 2.05) is 20.8 Å². The second kappa shape index (κ2) is 6.50. The van der Waals surface area contributed by atoms with Gasteiger partial charge in [-0.25, -0.2) is 4.79 Å². The predicted octanol–water partition coefficient (Wildman–Crippen LogP) is 0.700. The Morgan fingerprint density at radius 1 is 1.43 bits per heavy atom. The van der Waals surface area contributed by atoms with E-state index in [0.717, 1.165) is 32.4 Å². The summed E-state index contributed by atoms with van der Waals surface area (Å²) in [6.45, 7) is 9.34. The Morgan fingerprint density at radius 2 is 2.10 bits per heavy atom. The molecule has 2 saturated heterocycles. The molecule has 2 fully saturated rings.